The van der Waals surface area contributed by atoms with Crippen molar-refractivity contribution in [2.24, 2.45) is 0 Å². The molecule has 0 saturated carbocycles. The van der Waals surface area contributed by atoms with Crippen molar-refractivity contribution in [1.82, 2.24) is 15.2 Å². The average molecular weight is 337 g/mol. The number of nitrogens with zero attached hydrogens (tertiary/aromatic N) is 2. The second-order valence-electron chi connectivity index (χ2n) is 5.60. The predicted octanol–water partition coefficient (Wildman–Crippen LogP) is 0.0839. The van der Waals surface area contributed by atoms with Gasteiger partial charge in [-0.1, -0.05) is 0 Å². The minimum atomic E-state index is -0.872. The molecule has 0 spiro atoms. The smallest absolute Gasteiger partial charge is 0.254 e. The molecule has 2 heterocycles. The van der Waals surface area contributed by atoms with Crippen molar-refractivity contribution in [3.05, 3.63) is 23.9 Å². The van der Waals surface area contributed by atoms with Gasteiger partial charge in [-0.3, -0.25) is 9.59 Å². The Morgan fingerprint density at radius 2 is 2.25 bits per heavy atom. The normalized spacial score (nSPS) is 21.0. The fourth-order valence-electron chi connectivity index (χ4n) is 2.60. The standard InChI is InChI=1S/C16H23N3O5/c1-17-13(20)9-16(23-3)10-19(6-7-24-11-16)15(21)12-4-5-18-14(8-12)22-2/h4-5,8H,6-7,9-11H2,1-3H3,(H,17,20)/t16-/m1/s1. The molecule has 1 saturated heterocycles. The van der Waals surface area contributed by atoms with Crippen LogP contribution < -0.4 is 10.1 Å². The molecular weight excluding hydrogens is 314 g/mol. The second-order valence-corrected chi connectivity index (χ2v) is 5.60. The zero-order valence-electron chi connectivity index (χ0n) is 14.2. The monoisotopic (exact) mass is 337 g/mol. The number of aromatic nitrogens is 1. The zero-order valence-corrected chi connectivity index (χ0v) is 14.2. The summed E-state index contributed by atoms with van der Waals surface area (Å²) in [6.07, 6.45) is 1.64. The van der Waals surface area contributed by atoms with E-state index in [0.717, 1.165) is 0 Å². The van der Waals surface area contributed by atoms with Gasteiger partial charge in [-0.15, -0.1) is 0 Å². The van der Waals surface area contributed by atoms with Crippen molar-refractivity contribution in [2.75, 3.05) is 47.6 Å². The quantitative estimate of drug-likeness (QED) is 0.819. The number of nitrogens with one attached hydrogen (secondary N) is 1. The molecule has 0 unspecified atom stereocenters. The number of hydrogen-bond donors (Lipinski definition) is 1. The van der Waals surface area contributed by atoms with E-state index in [1.165, 1.54) is 20.4 Å². The lowest BCUT2D eigenvalue weighted by Gasteiger charge is -2.33. The molecule has 8 nitrogen and oxygen atoms in total. The van der Waals surface area contributed by atoms with E-state index in [2.05, 4.69) is 10.3 Å². The third kappa shape index (κ3) is 4.21. The summed E-state index contributed by atoms with van der Waals surface area (Å²) >= 11 is 0. The van der Waals surface area contributed by atoms with Gasteiger partial charge in [0.2, 0.25) is 11.8 Å². The fourth-order valence-corrected chi connectivity index (χ4v) is 2.60. The second kappa shape index (κ2) is 8.07. The minimum Gasteiger partial charge on any atom is -0.481 e. The van der Waals surface area contributed by atoms with Crippen molar-refractivity contribution in [3.8, 4) is 5.88 Å². The van der Waals surface area contributed by atoms with Crippen molar-refractivity contribution in [3.63, 3.8) is 0 Å². The number of amides is 2. The van der Waals surface area contributed by atoms with Crippen LogP contribution in [0.3, 0.4) is 0 Å². The molecule has 0 bridgehead atoms. The van der Waals surface area contributed by atoms with Gasteiger partial charge in [0.1, 0.15) is 5.60 Å². The summed E-state index contributed by atoms with van der Waals surface area (Å²) in [4.78, 5) is 30.3. The Morgan fingerprint density at radius 1 is 1.46 bits per heavy atom. The Balaban J connectivity index is 2.21. The van der Waals surface area contributed by atoms with E-state index in [4.69, 9.17) is 14.2 Å². The van der Waals surface area contributed by atoms with Gasteiger partial charge in [-0.05, 0) is 6.07 Å². The molecule has 8 heteroatoms. The maximum atomic E-state index is 12.8. The van der Waals surface area contributed by atoms with Crippen molar-refractivity contribution in [1.29, 1.82) is 0 Å². The van der Waals surface area contributed by atoms with Crippen molar-refractivity contribution < 1.29 is 23.8 Å². The molecule has 1 aliphatic heterocycles. The maximum absolute atomic E-state index is 12.8. The molecule has 1 aromatic heterocycles. The number of pyridine rings is 1. The van der Waals surface area contributed by atoms with Gasteiger partial charge in [0, 0.05) is 38.5 Å². The molecule has 24 heavy (non-hydrogen) atoms. The van der Waals surface area contributed by atoms with E-state index in [-0.39, 0.29) is 31.4 Å². The Labute approximate surface area is 141 Å². The molecule has 0 aromatic carbocycles. The number of methoxy groups -OCH3 is 2. The molecule has 0 aliphatic carbocycles. The molecule has 1 aromatic rings. The maximum Gasteiger partial charge on any atom is 0.254 e. The summed E-state index contributed by atoms with van der Waals surface area (Å²) < 4.78 is 16.2. The number of ether oxygens (including phenoxy) is 3. The molecule has 0 radical (unpaired) electrons. The highest BCUT2D eigenvalue weighted by molar-refractivity contribution is 5.94. The molecule has 132 valence electrons. The molecule has 1 N–H and O–H groups in total. The van der Waals surface area contributed by atoms with E-state index in [9.17, 15) is 9.59 Å². The first-order valence-corrected chi connectivity index (χ1v) is 7.66. The van der Waals surface area contributed by atoms with E-state index in [1.54, 1.807) is 24.1 Å². The van der Waals surface area contributed by atoms with Crippen LogP contribution in [-0.4, -0.2) is 74.9 Å². The van der Waals surface area contributed by atoms with Gasteiger partial charge in [0.25, 0.3) is 5.91 Å². The number of carbonyl (C=O) groups excluding carboxylic acids is 2. The molecule has 2 amide bonds. The van der Waals surface area contributed by atoms with E-state index < -0.39 is 5.60 Å². The van der Waals surface area contributed by atoms with Gasteiger partial charge in [0.05, 0.1) is 33.3 Å². The van der Waals surface area contributed by atoms with E-state index >= 15 is 0 Å². The first-order chi connectivity index (χ1) is 11.5. The Kier molecular flexibility index (Phi) is 6.10. The van der Waals surface area contributed by atoms with Crippen LogP contribution in [0.25, 0.3) is 0 Å². The van der Waals surface area contributed by atoms with E-state index in [0.29, 0.717) is 24.6 Å². The Hall–Kier alpha value is -2.19. The van der Waals surface area contributed by atoms with Crippen LogP contribution in [0.5, 0.6) is 5.88 Å². The van der Waals surface area contributed by atoms with Gasteiger partial charge in [-0.2, -0.15) is 0 Å². The number of rotatable bonds is 5. The molecule has 1 fully saturated rings. The first kappa shape index (κ1) is 18.2. The lowest BCUT2D eigenvalue weighted by molar-refractivity contribution is -0.131. The van der Waals surface area contributed by atoms with Gasteiger partial charge >= 0.3 is 0 Å². The van der Waals surface area contributed by atoms with Crippen molar-refractivity contribution >= 4 is 11.8 Å². The molecular formula is C16H23N3O5. The molecule has 1 atom stereocenters. The summed E-state index contributed by atoms with van der Waals surface area (Å²) in [6, 6.07) is 3.21. The summed E-state index contributed by atoms with van der Waals surface area (Å²) in [7, 11) is 4.58. The predicted molar refractivity (Wildman–Crippen MR) is 85.9 cm³/mol. The fraction of sp³-hybridized carbons (Fsp3) is 0.562. The molecule has 2 rings (SSSR count). The Bertz CT molecular complexity index is 595. The van der Waals surface area contributed by atoms with Crippen LogP contribution in [-0.2, 0) is 14.3 Å². The van der Waals surface area contributed by atoms with Gasteiger partial charge < -0.3 is 24.4 Å². The van der Waals surface area contributed by atoms with E-state index in [1.807, 2.05) is 0 Å². The van der Waals surface area contributed by atoms with Gasteiger partial charge in [-0.25, -0.2) is 4.98 Å². The zero-order chi connectivity index (χ0) is 17.6. The topological polar surface area (TPSA) is 90.0 Å². The lowest BCUT2D eigenvalue weighted by Crippen LogP contribution is -2.50. The first-order valence-electron chi connectivity index (χ1n) is 7.66. The van der Waals surface area contributed by atoms with Crippen LogP contribution in [0, 0.1) is 0 Å². The summed E-state index contributed by atoms with van der Waals surface area (Å²) in [5.41, 5.74) is -0.405. The summed E-state index contributed by atoms with van der Waals surface area (Å²) in [5.74, 6) is 0.0233. The highest BCUT2D eigenvalue weighted by Gasteiger charge is 2.38. The SMILES string of the molecule is CNC(=O)C[C@]1(OC)COCCN(C(=O)c2ccnc(OC)c2)C1. The van der Waals surface area contributed by atoms with Crippen LogP contribution in [0.15, 0.2) is 18.3 Å². The van der Waals surface area contributed by atoms with Crippen LogP contribution in [0.4, 0.5) is 0 Å². The third-order valence-corrected chi connectivity index (χ3v) is 4.02. The largest absolute Gasteiger partial charge is 0.481 e. The van der Waals surface area contributed by atoms with Crippen LogP contribution >= 0.6 is 0 Å². The minimum absolute atomic E-state index is 0.115. The number of hydrogen-bond acceptors (Lipinski definition) is 6. The summed E-state index contributed by atoms with van der Waals surface area (Å²) in [6.45, 7) is 1.32. The van der Waals surface area contributed by atoms with Crippen molar-refractivity contribution in [2.45, 2.75) is 12.0 Å². The number of carbonyl (C=O) groups is 2. The summed E-state index contributed by atoms with van der Waals surface area (Å²) in [5, 5.41) is 2.58. The average Bonchev–Trinajstić information content (AvgIpc) is 2.84. The molecule has 1 aliphatic rings. The Morgan fingerprint density at radius 3 is 2.92 bits per heavy atom. The highest BCUT2D eigenvalue weighted by atomic mass is 16.5. The lowest BCUT2D eigenvalue weighted by atomic mass is 9.98. The van der Waals surface area contributed by atoms with Crippen LogP contribution in [0.2, 0.25) is 0 Å². The highest BCUT2D eigenvalue weighted by Crippen LogP contribution is 2.22. The third-order valence-electron chi connectivity index (χ3n) is 4.02. The van der Waals surface area contributed by atoms with Gasteiger partial charge in [0.15, 0.2) is 0 Å². The van der Waals surface area contributed by atoms with Crippen LogP contribution in [0.1, 0.15) is 16.8 Å².